The first-order valence-corrected chi connectivity index (χ1v) is 29.9. The maximum absolute atomic E-state index is 4.70. The molecule has 0 saturated heterocycles. The fourth-order valence-corrected chi connectivity index (χ4v) is 16.3. The Morgan fingerprint density at radius 3 is 0.651 bits per heavy atom. The first-order valence-electron chi connectivity index (χ1n) is 21.3. The molecule has 0 spiro atoms. The van der Waals surface area contributed by atoms with Crippen molar-refractivity contribution in [1.29, 1.82) is 0 Å². The Morgan fingerprint density at radius 2 is 0.460 bits per heavy atom. The Morgan fingerprint density at radius 1 is 0.286 bits per heavy atom. The summed E-state index contributed by atoms with van der Waals surface area (Å²) in [4.78, 5) is 0. The molecule has 63 heavy (non-hydrogen) atoms. The molecule has 0 heterocycles. The summed E-state index contributed by atoms with van der Waals surface area (Å²) in [6.45, 7) is 0. The van der Waals surface area contributed by atoms with E-state index in [1.54, 1.807) is 0 Å². The van der Waals surface area contributed by atoms with Gasteiger partial charge in [-0.15, -0.1) is 0 Å². The van der Waals surface area contributed by atoms with Crippen LogP contribution in [0.5, 0.6) is 0 Å². The van der Waals surface area contributed by atoms with Crippen LogP contribution in [0.25, 0.3) is 0 Å². The molecule has 0 fully saturated rings. The molecule has 0 radical (unpaired) electrons. The molecule has 8 rings (SSSR count). The summed E-state index contributed by atoms with van der Waals surface area (Å²) < 4.78 is 0. The van der Waals surface area contributed by atoms with Crippen LogP contribution in [0.1, 0.15) is 25.7 Å². The minimum absolute atomic E-state index is 0.303. The molecule has 0 N–H and O–H groups in total. The van der Waals surface area contributed by atoms with Crippen molar-refractivity contribution < 1.29 is 12.7 Å². The zero-order valence-electron chi connectivity index (χ0n) is 35.4. The number of halogens is 2. The van der Waals surface area contributed by atoms with Crippen LogP contribution in [0.4, 0.5) is 0 Å². The van der Waals surface area contributed by atoms with E-state index < -0.39 is 15.8 Å². The van der Waals surface area contributed by atoms with Gasteiger partial charge in [0.05, 0.1) is 0 Å². The quantitative estimate of drug-likeness (QED) is 0.0348. The number of hydrogen-bond acceptors (Lipinski definition) is 0. The van der Waals surface area contributed by atoms with Gasteiger partial charge in [0.25, 0.3) is 0 Å². The second-order valence-electron chi connectivity index (χ2n) is 14.4. The second kappa shape index (κ2) is 29.2. The summed E-state index contributed by atoms with van der Waals surface area (Å²) in [5.74, 6) is 0. The molecule has 8 aromatic carbocycles. The Hall–Kier alpha value is -3.45. The third-order valence-corrected chi connectivity index (χ3v) is 20.1. The Labute approximate surface area is 397 Å². The topological polar surface area (TPSA) is 0 Å². The van der Waals surface area contributed by atoms with Crippen LogP contribution in [0.3, 0.4) is 0 Å². The monoisotopic (exact) mass is 978 g/mol. The van der Waals surface area contributed by atoms with Gasteiger partial charge >= 0.3 is 33.0 Å². The molecular formula is C56H54Cl2NiP4. The molecule has 0 aliphatic heterocycles. The molecule has 0 unspecified atom stereocenters. The van der Waals surface area contributed by atoms with Gasteiger partial charge in [-0.2, -0.15) is 12.8 Å². The van der Waals surface area contributed by atoms with Crippen molar-refractivity contribution in [3.05, 3.63) is 255 Å². The van der Waals surface area contributed by atoms with E-state index in [1.165, 1.54) is 67.6 Å². The van der Waals surface area contributed by atoms with Gasteiger partial charge in [0.1, 0.15) is 0 Å². The molecule has 7 heteroatoms. The third-order valence-electron chi connectivity index (χ3n) is 10.2. The van der Waals surface area contributed by atoms with Gasteiger partial charge in [-0.3, -0.25) is 12.3 Å². The van der Waals surface area contributed by atoms with E-state index >= 15 is 0 Å². The fraction of sp³-hybridized carbons (Fsp3) is 0.107. The van der Waals surface area contributed by atoms with E-state index in [1.807, 2.05) is 0 Å². The fourth-order valence-electron chi connectivity index (χ4n) is 7.26. The standard InChI is InChI=1S/2C28H27P2.2ClH.Ni/c2*1-5-15-25(16-6-1)29(26-17-7-2-8-18-26)23-13-14-24-30(27-19-9-3-10-20-27)28-21-11-4-12-22-28;;;/h2*1-12,15-23H,13-14,24H2;2*1H;/q2*-1;;;+4/p-2. The van der Waals surface area contributed by atoms with Crippen molar-refractivity contribution in [1.82, 2.24) is 0 Å². The second-order valence-corrected chi connectivity index (χ2v) is 25.0. The predicted molar refractivity (Wildman–Crippen MR) is 285 cm³/mol. The Bertz CT molecular complexity index is 1850. The van der Waals surface area contributed by atoms with Gasteiger partial charge in [0, 0.05) is 0 Å². The SMILES string of the molecule is [Cl][Ni+2][Cl].c1ccc(P([CH-]CCCP(c2ccccc2)c2ccccc2)c2ccccc2)cc1.c1ccc(P([CH-]CCCP(c2ccccc2)c2ccccc2)c2ccccc2)cc1. The summed E-state index contributed by atoms with van der Waals surface area (Å²) in [6.07, 6.45) is 12.3. The zero-order valence-corrected chi connectivity index (χ0v) is 41.4. The average Bonchev–Trinajstić information content (AvgIpc) is 3.36. The van der Waals surface area contributed by atoms with Crippen molar-refractivity contribution in [2.24, 2.45) is 0 Å². The first kappa shape index (κ1) is 49.0. The summed E-state index contributed by atoms with van der Waals surface area (Å²) in [6, 6.07) is 88.1. The van der Waals surface area contributed by atoms with Crippen LogP contribution < -0.4 is 42.4 Å². The van der Waals surface area contributed by atoms with Gasteiger partial charge in [-0.1, -0.05) is 277 Å². The van der Waals surface area contributed by atoms with Crippen molar-refractivity contribution >= 4 is 94.5 Å². The van der Waals surface area contributed by atoms with Crippen LogP contribution in [0.2, 0.25) is 0 Å². The molecule has 0 atom stereocenters. The molecule has 0 bridgehead atoms. The molecule has 0 aliphatic rings. The van der Waals surface area contributed by atoms with E-state index in [-0.39, 0.29) is 15.8 Å². The summed E-state index contributed by atoms with van der Waals surface area (Å²) >= 11 is 0.569. The normalized spacial score (nSPS) is 11.0. The largest absolute Gasteiger partial charge is 0.294 e. The number of unbranched alkanes of at least 4 members (excludes halogenated alkanes) is 2. The van der Waals surface area contributed by atoms with Crippen molar-refractivity contribution in [3.8, 4) is 0 Å². The molecule has 0 nitrogen and oxygen atoms in total. The van der Waals surface area contributed by atoms with E-state index in [4.69, 9.17) is 20.4 Å². The van der Waals surface area contributed by atoms with Crippen LogP contribution in [-0.4, -0.2) is 12.3 Å². The summed E-state index contributed by atoms with van der Waals surface area (Å²) in [7, 11) is 7.98. The third kappa shape index (κ3) is 16.5. The predicted octanol–water partition coefficient (Wildman–Crippen LogP) is 13.8. The molecule has 8 aromatic rings. The van der Waals surface area contributed by atoms with Crippen molar-refractivity contribution in [2.45, 2.75) is 25.7 Å². The summed E-state index contributed by atoms with van der Waals surface area (Å²) in [5.41, 5.74) is 0. The molecular weight excluding hydrogens is 926 g/mol. The van der Waals surface area contributed by atoms with E-state index in [2.05, 4.69) is 255 Å². The van der Waals surface area contributed by atoms with Gasteiger partial charge in [0.2, 0.25) is 0 Å². The van der Waals surface area contributed by atoms with E-state index in [0.717, 1.165) is 12.8 Å². The number of hydrogen-bond donors (Lipinski definition) is 0. The smallest absolute Gasteiger partial charge is 0.0195 e. The number of rotatable bonds is 18. The molecule has 0 aromatic heterocycles. The maximum atomic E-state index is 4.70. The molecule has 0 amide bonds. The first-order chi connectivity index (χ1) is 31.2. The molecule has 0 saturated carbocycles. The van der Waals surface area contributed by atoms with Crippen LogP contribution in [-0.2, 0) is 12.7 Å². The van der Waals surface area contributed by atoms with Crippen LogP contribution >= 0.6 is 52.1 Å². The number of benzene rings is 8. The summed E-state index contributed by atoms with van der Waals surface area (Å²) in [5, 5.41) is 11.7. The maximum Gasteiger partial charge on any atom is -0.0195 e. The minimum atomic E-state index is -0.408. The van der Waals surface area contributed by atoms with Gasteiger partial charge in [-0.05, 0) is 49.4 Å². The minimum Gasteiger partial charge on any atom is -0.294 e. The van der Waals surface area contributed by atoms with Gasteiger partial charge in [0.15, 0.2) is 0 Å². The van der Waals surface area contributed by atoms with Gasteiger partial charge in [-0.25, -0.2) is 15.8 Å². The molecule has 322 valence electrons. The van der Waals surface area contributed by atoms with Crippen molar-refractivity contribution in [3.63, 3.8) is 0 Å². The van der Waals surface area contributed by atoms with E-state index in [0.29, 0.717) is 12.7 Å². The van der Waals surface area contributed by atoms with Gasteiger partial charge < -0.3 is 0 Å². The van der Waals surface area contributed by atoms with E-state index in [9.17, 15) is 0 Å². The zero-order chi connectivity index (χ0) is 43.6. The van der Waals surface area contributed by atoms with Crippen LogP contribution in [0, 0.1) is 12.3 Å². The Kier molecular flexibility index (Phi) is 22.7. The molecule has 0 aliphatic carbocycles. The average molecular weight is 981 g/mol. The van der Waals surface area contributed by atoms with Crippen LogP contribution in [0.15, 0.2) is 243 Å². The van der Waals surface area contributed by atoms with Crippen molar-refractivity contribution in [2.75, 3.05) is 12.3 Å². The Balaban J connectivity index is 0.000000198.